The van der Waals surface area contributed by atoms with Crippen LogP contribution in [0.25, 0.3) is 0 Å². The molecule has 0 radical (unpaired) electrons. The number of imide groups is 1. The van der Waals surface area contributed by atoms with E-state index in [4.69, 9.17) is 4.74 Å². The minimum absolute atomic E-state index is 0.0356. The van der Waals surface area contributed by atoms with Crippen molar-refractivity contribution in [3.8, 4) is 0 Å². The number of urea groups is 1. The zero-order valence-electron chi connectivity index (χ0n) is 8.23. The molecule has 0 aromatic carbocycles. The van der Waals surface area contributed by atoms with Gasteiger partial charge in [-0.15, -0.1) is 0 Å². The summed E-state index contributed by atoms with van der Waals surface area (Å²) in [4.78, 5) is 26.3. The first-order chi connectivity index (χ1) is 6.74. The summed E-state index contributed by atoms with van der Waals surface area (Å²) in [6, 6.07) is -0.191. The van der Waals surface area contributed by atoms with Gasteiger partial charge in [-0.25, -0.2) is 4.79 Å². The number of rotatable bonds is 1. The summed E-state index contributed by atoms with van der Waals surface area (Å²) in [5.41, 5.74) is 0. The van der Waals surface area contributed by atoms with E-state index in [0.29, 0.717) is 32.7 Å². The Kier molecular flexibility index (Phi) is 2.41. The lowest BCUT2D eigenvalue weighted by molar-refractivity contribution is -0.135. The predicted octanol–water partition coefficient (Wildman–Crippen LogP) is 0.0594. The van der Waals surface area contributed by atoms with Gasteiger partial charge in [0.15, 0.2) is 0 Å². The van der Waals surface area contributed by atoms with Crippen molar-refractivity contribution in [2.45, 2.75) is 19.4 Å². The quantitative estimate of drug-likeness (QED) is 0.598. The number of carbonyl (C=O) groups is 2. The molecule has 2 aliphatic heterocycles. The molecular weight excluding hydrogens is 184 g/mol. The van der Waals surface area contributed by atoms with E-state index < -0.39 is 0 Å². The Hall–Kier alpha value is -1.10. The fraction of sp³-hybridized carbons (Fsp3) is 0.778. The molecule has 0 bridgehead atoms. The number of hydrogen-bond donors (Lipinski definition) is 0. The van der Waals surface area contributed by atoms with Crippen molar-refractivity contribution in [3.63, 3.8) is 0 Å². The van der Waals surface area contributed by atoms with Crippen molar-refractivity contribution in [2.24, 2.45) is 0 Å². The number of amides is 3. The van der Waals surface area contributed by atoms with Crippen molar-refractivity contribution in [1.29, 1.82) is 0 Å². The average Bonchev–Trinajstić information content (AvgIpc) is 2.18. The highest BCUT2D eigenvalue weighted by molar-refractivity contribution is 5.97. The average molecular weight is 198 g/mol. The molecule has 1 atom stereocenters. The minimum atomic E-state index is -0.156. The monoisotopic (exact) mass is 198 g/mol. The third-order valence-electron chi connectivity index (χ3n) is 2.73. The van der Waals surface area contributed by atoms with Gasteiger partial charge in [0.2, 0.25) is 5.91 Å². The van der Waals surface area contributed by atoms with Gasteiger partial charge in [-0.3, -0.25) is 9.69 Å². The number of ether oxygens (including phenoxy) is 1. The van der Waals surface area contributed by atoms with Gasteiger partial charge in [-0.1, -0.05) is 0 Å². The lowest BCUT2D eigenvalue weighted by Crippen LogP contribution is -2.60. The van der Waals surface area contributed by atoms with E-state index in [1.54, 1.807) is 4.90 Å². The highest BCUT2D eigenvalue weighted by Crippen LogP contribution is 2.19. The number of fused-ring (bicyclic) bond motifs is 1. The maximum Gasteiger partial charge on any atom is 0.327 e. The van der Waals surface area contributed by atoms with E-state index in [1.807, 2.05) is 6.92 Å². The van der Waals surface area contributed by atoms with Gasteiger partial charge in [0.05, 0.1) is 25.7 Å². The Morgan fingerprint density at radius 3 is 3.00 bits per heavy atom. The molecule has 0 N–H and O–H groups in total. The molecule has 3 amide bonds. The molecule has 2 fully saturated rings. The summed E-state index contributed by atoms with van der Waals surface area (Å²) in [5.74, 6) is -0.0794. The fourth-order valence-electron chi connectivity index (χ4n) is 1.96. The minimum Gasteiger partial charge on any atom is -0.377 e. The smallest absolute Gasteiger partial charge is 0.327 e. The number of hydrogen-bond acceptors (Lipinski definition) is 3. The van der Waals surface area contributed by atoms with Crippen molar-refractivity contribution < 1.29 is 14.3 Å². The van der Waals surface area contributed by atoms with Crippen LogP contribution in [0.1, 0.15) is 13.3 Å². The van der Waals surface area contributed by atoms with Crippen LogP contribution in [-0.2, 0) is 9.53 Å². The Balaban J connectivity index is 2.16. The van der Waals surface area contributed by atoms with Crippen LogP contribution in [0.15, 0.2) is 0 Å². The second-order valence-corrected chi connectivity index (χ2v) is 3.55. The molecule has 0 saturated carbocycles. The van der Waals surface area contributed by atoms with E-state index in [0.717, 1.165) is 0 Å². The lowest BCUT2D eigenvalue weighted by atomic mass is 10.1. The number of morpholine rings is 1. The summed E-state index contributed by atoms with van der Waals surface area (Å²) in [5, 5.41) is 0. The van der Waals surface area contributed by atoms with Gasteiger partial charge in [0.1, 0.15) is 0 Å². The molecule has 0 aliphatic carbocycles. The predicted molar refractivity (Wildman–Crippen MR) is 48.7 cm³/mol. The summed E-state index contributed by atoms with van der Waals surface area (Å²) in [6.45, 7) is 3.95. The summed E-state index contributed by atoms with van der Waals surface area (Å²) in [6.07, 6.45) is 0.402. The third-order valence-corrected chi connectivity index (χ3v) is 2.73. The van der Waals surface area contributed by atoms with E-state index in [1.165, 1.54) is 4.90 Å². The normalized spacial score (nSPS) is 27.9. The van der Waals surface area contributed by atoms with Gasteiger partial charge in [0, 0.05) is 13.1 Å². The van der Waals surface area contributed by atoms with E-state index in [2.05, 4.69) is 0 Å². The standard InChI is InChI=1S/C9H14N2O3/c1-2-10-8(12)5-7-6-14-4-3-11(7)9(10)13/h7H,2-6H2,1H3. The second-order valence-electron chi connectivity index (χ2n) is 3.55. The number of carbonyl (C=O) groups excluding carboxylic acids is 2. The Labute approximate surface area is 82.6 Å². The van der Waals surface area contributed by atoms with Crippen LogP contribution in [0.2, 0.25) is 0 Å². The Morgan fingerprint density at radius 1 is 1.50 bits per heavy atom. The van der Waals surface area contributed by atoms with Crippen LogP contribution < -0.4 is 0 Å². The van der Waals surface area contributed by atoms with Gasteiger partial charge in [-0.05, 0) is 6.92 Å². The van der Waals surface area contributed by atoms with Gasteiger partial charge in [-0.2, -0.15) is 0 Å². The molecule has 2 aliphatic rings. The lowest BCUT2D eigenvalue weighted by Gasteiger charge is -2.42. The molecule has 5 nitrogen and oxygen atoms in total. The van der Waals surface area contributed by atoms with Crippen LogP contribution in [-0.4, -0.2) is 54.1 Å². The molecule has 5 heteroatoms. The zero-order valence-corrected chi connectivity index (χ0v) is 8.23. The molecule has 2 saturated heterocycles. The zero-order chi connectivity index (χ0) is 10.1. The molecule has 14 heavy (non-hydrogen) atoms. The van der Waals surface area contributed by atoms with Gasteiger partial charge >= 0.3 is 6.03 Å². The Morgan fingerprint density at radius 2 is 2.29 bits per heavy atom. The molecule has 2 heterocycles. The highest BCUT2D eigenvalue weighted by atomic mass is 16.5. The third kappa shape index (κ3) is 1.37. The molecule has 1 unspecified atom stereocenters. The molecule has 0 aromatic rings. The van der Waals surface area contributed by atoms with E-state index in [9.17, 15) is 9.59 Å². The molecule has 0 spiro atoms. The molecule has 0 aromatic heterocycles. The van der Waals surface area contributed by atoms with Crippen molar-refractivity contribution in [2.75, 3.05) is 26.3 Å². The van der Waals surface area contributed by atoms with E-state index in [-0.39, 0.29) is 18.0 Å². The van der Waals surface area contributed by atoms with Crippen molar-refractivity contribution >= 4 is 11.9 Å². The summed E-state index contributed by atoms with van der Waals surface area (Å²) >= 11 is 0. The first kappa shape index (κ1) is 9.45. The van der Waals surface area contributed by atoms with Gasteiger partial charge < -0.3 is 9.64 Å². The van der Waals surface area contributed by atoms with Crippen LogP contribution in [0.4, 0.5) is 4.79 Å². The van der Waals surface area contributed by atoms with Crippen LogP contribution in [0.3, 0.4) is 0 Å². The topological polar surface area (TPSA) is 49.9 Å². The SMILES string of the molecule is CCN1C(=O)CC2COCCN2C1=O. The summed E-state index contributed by atoms with van der Waals surface area (Å²) in [7, 11) is 0. The van der Waals surface area contributed by atoms with Crippen LogP contribution in [0.5, 0.6) is 0 Å². The maximum absolute atomic E-state index is 11.8. The largest absolute Gasteiger partial charge is 0.377 e. The van der Waals surface area contributed by atoms with Crippen molar-refractivity contribution in [1.82, 2.24) is 9.80 Å². The molecular formula is C9H14N2O3. The maximum atomic E-state index is 11.8. The first-order valence-corrected chi connectivity index (χ1v) is 4.92. The summed E-state index contributed by atoms with van der Waals surface area (Å²) < 4.78 is 5.24. The number of nitrogens with zero attached hydrogens (tertiary/aromatic N) is 2. The molecule has 2 rings (SSSR count). The van der Waals surface area contributed by atoms with Crippen LogP contribution >= 0.6 is 0 Å². The van der Waals surface area contributed by atoms with Gasteiger partial charge in [0.25, 0.3) is 0 Å². The first-order valence-electron chi connectivity index (χ1n) is 4.92. The Bertz CT molecular complexity index is 267. The highest BCUT2D eigenvalue weighted by Gasteiger charge is 2.39. The second kappa shape index (κ2) is 3.57. The van der Waals surface area contributed by atoms with Crippen molar-refractivity contribution in [3.05, 3.63) is 0 Å². The fourth-order valence-corrected chi connectivity index (χ4v) is 1.96. The van der Waals surface area contributed by atoms with Crippen LogP contribution in [0, 0.1) is 0 Å². The van der Waals surface area contributed by atoms with E-state index >= 15 is 0 Å². The molecule has 78 valence electrons.